The first-order valence-corrected chi connectivity index (χ1v) is 13.3. The molecule has 1 N–H and O–H groups in total. The van der Waals surface area contributed by atoms with Gasteiger partial charge in [-0.25, -0.2) is 4.99 Å². The van der Waals surface area contributed by atoms with Crippen LogP contribution in [0.2, 0.25) is 0 Å². The van der Waals surface area contributed by atoms with Crippen LogP contribution in [0.3, 0.4) is 0 Å². The Morgan fingerprint density at radius 2 is 1.92 bits per heavy atom. The van der Waals surface area contributed by atoms with Crippen LogP contribution in [0.5, 0.6) is 11.5 Å². The van der Waals surface area contributed by atoms with Crippen molar-refractivity contribution in [1.29, 1.82) is 0 Å². The van der Waals surface area contributed by atoms with E-state index in [-0.39, 0.29) is 11.9 Å². The number of methoxy groups -OCH3 is 2. The van der Waals surface area contributed by atoms with Gasteiger partial charge in [0.1, 0.15) is 23.0 Å². The number of anilines is 1. The molecule has 37 heavy (non-hydrogen) atoms. The second kappa shape index (κ2) is 10.7. The molecule has 196 valence electrons. The van der Waals surface area contributed by atoms with Crippen molar-refractivity contribution >= 4 is 29.3 Å². The molecule has 2 unspecified atom stereocenters. The quantitative estimate of drug-likeness (QED) is 0.418. The third-order valence-electron chi connectivity index (χ3n) is 7.73. The molecule has 0 spiro atoms. The number of aliphatic hydroxyl groups is 1. The van der Waals surface area contributed by atoms with E-state index >= 15 is 0 Å². The van der Waals surface area contributed by atoms with E-state index in [9.17, 15) is 5.11 Å². The van der Waals surface area contributed by atoms with Gasteiger partial charge in [-0.2, -0.15) is 0 Å². The highest BCUT2D eigenvalue weighted by Crippen LogP contribution is 2.45. The molecule has 0 bridgehead atoms. The number of dihydropyridines is 1. The maximum atomic E-state index is 11.8. The summed E-state index contributed by atoms with van der Waals surface area (Å²) in [6.45, 7) is 10.3. The summed E-state index contributed by atoms with van der Waals surface area (Å²) in [7, 11) is 3.23. The monoisotopic (exact) mass is 522 g/mol. The minimum absolute atomic E-state index is 0.0486. The highest BCUT2D eigenvalue weighted by Gasteiger charge is 2.37. The maximum Gasteiger partial charge on any atom is 0.209 e. The van der Waals surface area contributed by atoms with Crippen LogP contribution in [0.15, 0.2) is 75.3 Å². The lowest BCUT2D eigenvalue weighted by atomic mass is 9.95. The summed E-state index contributed by atoms with van der Waals surface area (Å²) < 4.78 is 11.4. The van der Waals surface area contributed by atoms with E-state index < -0.39 is 0 Å². The van der Waals surface area contributed by atoms with Crippen LogP contribution in [0.1, 0.15) is 38.5 Å². The van der Waals surface area contributed by atoms with E-state index in [1.807, 2.05) is 24.3 Å². The lowest BCUT2D eigenvalue weighted by Gasteiger charge is -2.35. The fourth-order valence-electron chi connectivity index (χ4n) is 5.45. The van der Waals surface area contributed by atoms with E-state index in [2.05, 4.69) is 23.1 Å². The Bertz CT molecular complexity index is 1190. The Kier molecular flexibility index (Phi) is 7.33. The van der Waals surface area contributed by atoms with Gasteiger partial charge in [-0.3, -0.25) is 9.89 Å². The normalized spacial score (nSPS) is 23.8. The average Bonchev–Trinajstić information content (AvgIpc) is 3.60. The molecule has 1 saturated heterocycles. The highest BCUT2D eigenvalue weighted by molar-refractivity contribution is 6.39. The SMILES string of the molecule is C=C1N=C(CCC2CC2)N(c2c(OC)cccc2OC)C(O)=C1C(=C)N1CCC(C2CC=C(Cl)C=N2)C1. The molecule has 1 aromatic carbocycles. The molecular weight excluding hydrogens is 488 g/mol. The van der Waals surface area contributed by atoms with Crippen molar-refractivity contribution in [2.45, 2.75) is 44.6 Å². The van der Waals surface area contributed by atoms with E-state index in [0.717, 1.165) is 44.6 Å². The molecule has 3 heterocycles. The molecule has 0 aromatic heterocycles. The summed E-state index contributed by atoms with van der Waals surface area (Å²) in [5, 5.41) is 12.5. The first-order chi connectivity index (χ1) is 17.9. The predicted molar refractivity (Wildman–Crippen MR) is 150 cm³/mol. The van der Waals surface area contributed by atoms with Crippen molar-refractivity contribution in [3.8, 4) is 11.5 Å². The van der Waals surface area contributed by atoms with Gasteiger partial charge in [0.25, 0.3) is 0 Å². The van der Waals surface area contributed by atoms with Crippen LogP contribution in [0.25, 0.3) is 0 Å². The summed E-state index contributed by atoms with van der Waals surface area (Å²) in [4.78, 5) is 13.5. The molecule has 2 fully saturated rings. The van der Waals surface area contributed by atoms with Crippen LogP contribution in [0, 0.1) is 11.8 Å². The second-order valence-electron chi connectivity index (χ2n) is 10.1. The number of aliphatic hydroxyl groups excluding tert-OH is 1. The Morgan fingerprint density at radius 1 is 1.19 bits per heavy atom. The summed E-state index contributed by atoms with van der Waals surface area (Å²) in [6, 6.07) is 5.79. The number of amidine groups is 1. The zero-order valence-electron chi connectivity index (χ0n) is 21.6. The maximum absolute atomic E-state index is 11.8. The van der Waals surface area contributed by atoms with Gasteiger partial charge in [0, 0.05) is 37.3 Å². The van der Waals surface area contributed by atoms with Crippen LogP contribution in [-0.4, -0.2) is 55.4 Å². The number of ether oxygens (including phenoxy) is 2. The van der Waals surface area contributed by atoms with Crippen molar-refractivity contribution in [3.05, 3.63) is 65.3 Å². The molecule has 1 aliphatic carbocycles. The fraction of sp³-hybridized carbons (Fsp3) is 0.448. The molecule has 1 saturated carbocycles. The largest absolute Gasteiger partial charge is 0.494 e. The minimum Gasteiger partial charge on any atom is -0.494 e. The number of nitrogens with zero attached hydrogens (tertiary/aromatic N) is 4. The summed E-state index contributed by atoms with van der Waals surface area (Å²) >= 11 is 6.07. The standard InChI is InChI=1S/C29H35ClN4O3/c1-18-27(19(2)33-15-14-21(17-33)23-12-11-22(30)16-31-23)29(35)34(26(32-18)13-10-20-8-9-20)28-24(36-3)6-5-7-25(28)37-4/h5-7,11,16,20-21,23,35H,1-2,8-10,12-15,17H2,3-4H3. The molecule has 1 aromatic rings. The topological polar surface area (TPSA) is 69.9 Å². The van der Waals surface area contributed by atoms with E-state index in [4.69, 9.17) is 26.1 Å². The highest BCUT2D eigenvalue weighted by atomic mass is 35.5. The van der Waals surface area contributed by atoms with Crippen LogP contribution in [-0.2, 0) is 0 Å². The van der Waals surface area contributed by atoms with Gasteiger partial charge in [-0.05, 0) is 37.3 Å². The molecule has 7 nitrogen and oxygen atoms in total. The van der Waals surface area contributed by atoms with Gasteiger partial charge < -0.3 is 19.5 Å². The van der Waals surface area contributed by atoms with Gasteiger partial charge >= 0.3 is 0 Å². The number of benzene rings is 1. The van der Waals surface area contributed by atoms with Gasteiger partial charge in [0.2, 0.25) is 5.88 Å². The van der Waals surface area contributed by atoms with Gasteiger partial charge in [0.15, 0.2) is 0 Å². The van der Waals surface area contributed by atoms with Gasteiger partial charge in [-0.15, -0.1) is 0 Å². The number of halogens is 1. The minimum atomic E-state index is 0.0486. The number of hydrogen-bond donors (Lipinski definition) is 1. The smallest absolute Gasteiger partial charge is 0.209 e. The number of rotatable bonds is 9. The molecule has 0 amide bonds. The van der Waals surface area contributed by atoms with Gasteiger partial charge in [0.05, 0.1) is 36.6 Å². The van der Waals surface area contributed by atoms with Crippen molar-refractivity contribution in [1.82, 2.24) is 4.90 Å². The van der Waals surface area contributed by atoms with Crippen molar-refractivity contribution in [2.75, 3.05) is 32.2 Å². The number of para-hydroxylation sites is 1. The lowest BCUT2D eigenvalue weighted by Crippen LogP contribution is -2.36. The van der Waals surface area contributed by atoms with Crippen LogP contribution >= 0.6 is 11.6 Å². The average molecular weight is 523 g/mol. The van der Waals surface area contributed by atoms with E-state index in [0.29, 0.717) is 51.0 Å². The van der Waals surface area contributed by atoms with E-state index in [1.165, 1.54) is 12.8 Å². The Balaban J connectivity index is 1.46. The zero-order chi connectivity index (χ0) is 26.1. The third-order valence-corrected chi connectivity index (χ3v) is 7.98. The number of hydrogen-bond acceptors (Lipinski definition) is 7. The molecular formula is C29H35ClN4O3. The van der Waals surface area contributed by atoms with Crippen molar-refractivity contribution in [2.24, 2.45) is 21.8 Å². The van der Waals surface area contributed by atoms with E-state index in [1.54, 1.807) is 25.3 Å². The number of allylic oxidation sites excluding steroid dienone is 1. The van der Waals surface area contributed by atoms with Crippen LogP contribution in [0.4, 0.5) is 5.69 Å². The molecule has 5 rings (SSSR count). The van der Waals surface area contributed by atoms with Gasteiger partial charge in [-0.1, -0.05) is 49.7 Å². The summed E-state index contributed by atoms with van der Waals surface area (Å²) in [5.74, 6) is 3.06. The Labute approximate surface area is 224 Å². The lowest BCUT2D eigenvalue weighted by molar-refractivity contribution is 0.361. The molecule has 0 radical (unpaired) electrons. The Morgan fingerprint density at radius 3 is 2.54 bits per heavy atom. The van der Waals surface area contributed by atoms with Crippen LogP contribution < -0.4 is 14.4 Å². The van der Waals surface area contributed by atoms with Crippen molar-refractivity contribution in [3.63, 3.8) is 0 Å². The molecule has 4 aliphatic rings. The first kappa shape index (κ1) is 25.5. The molecule has 2 atom stereocenters. The molecule has 8 heteroatoms. The Hall–Kier alpha value is -3.19. The first-order valence-electron chi connectivity index (χ1n) is 13.0. The fourth-order valence-corrected chi connectivity index (χ4v) is 5.59. The number of likely N-dealkylation sites (tertiary alicyclic amines) is 1. The zero-order valence-corrected chi connectivity index (χ0v) is 22.4. The summed E-state index contributed by atoms with van der Waals surface area (Å²) in [5.41, 5.74) is 2.39. The summed E-state index contributed by atoms with van der Waals surface area (Å²) in [6.07, 6.45) is 9.85. The third kappa shape index (κ3) is 5.14. The number of aliphatic imine (C=N–C) groups is 2. The predicted octanol–water partition coefficient (Wildman–Crippen LogP) is 6.20. The van der Waals surface area contributed by atoms with Crippen molar-refractivity contribution < 1.29 is 14.6 Å². The molecule has 3 aliphatic heterocycles. The second-order valence-corrected chi connectivity index (χ2v) is 10.6.